The maximum atomic E-state index is 12.7. The van der Waals surface area contributed by atoms with Gasteiger partial charge in [-0.3, -0.25) is 4.79 Å². The van der Waals surface area contributed by atoms with Gasteiger partial charge in [0.1, 0.15) is 5.78 Å². The predicted octanol–water partition coefficient (Wildman–Crippen LogP) is 6.55. The van der Waals surface area contributed by atoms with Gasteiger partial charge in [-0.2, -0.15) is 0 Å². The number of carbonyl (C=O) groups is 1. The van der Waals surface area contributed by atoms with E-state index < -0.39 is 0 Å². The summed E-state index contributed by atoms with van der Waals surface area (Å²) in [6, 6.07) is 17.3. The van der Waals surface area contributed by atoms with E-state index in [1.54, 1.807) is 0 Å². The average Bonchev–Trinajstić information content (AvgIpc) is 2.72. The maximum Gasteiger partial charge on any atom is 0.138 e. The van der Waals surface area contributed by atoms with Crippen LogP contribution in [-0.4, -0.2) is 5.78 Å². The number of Topliss-reactive ketones (excluding diaryl/α,β-unsaturated/α-hetero) is 1. The highest BCUT2D eigenvalue weighted by atomic mass is 16.1. The molecule has 0 N–H and O–H groups in total. The van der Waals surface area contributed by atoms with Crippen LogP contribution in [0.5, 0.6) is 0 Å². The Balaban J connectivity index is 1.77. The lowest BCUT2D eigenvalue weighted by Crippen LogP contribution is -2.20. The zero-order valence-electron chi connectivity index (χ0n) is 17.5. The Morgan fingerprint density at radius 1 is 0.714 bits per heavy atom. The summed E-state index contributed by atoms with van der Waals surface area (Å²) >= 11 is 0. The molecule has 1 nitrogen and oxygen atoms in total. The number of allylic oxidation sites excluding steroid dienone is 2. The Morgan fingerprint density at radius 2 is 1.04 bits per heavy atom. The Labute approximate surface area is 171 Å². The van der Waals surface area contributed by atoms with Gasteiger partial charge in [0.05, 0.1) is 0 Å². The standard InChI is InChI=1S/C27H34O/c1-5-7-23-13-17-25(18-14-23)11-9-21(3)27(28)22(4)10-12-26-19-15-24(8-6-2)16-20-26/h5-6,13-22H,1-2,7-12H2,3-4H3. The molecule has 2 rings (SSSR count). The molecule has 0 aliphatic rings. The molecule has 0 saturated carbocycles. The van der Waals surface area contributed by atoms with Crippen LogP contribution < -0.4 is 0 Å². The molecular weight excluding hydrogens is 340 g/mol. The number of rotatable bonds is 12. The quantitative estimate of drug-likeness (QED) is 0.385. The van der Waals surface area contributed by atoms with Gasteiger partial charge in [-0.05, 0) is 60.8 Å². The summed E-state index contributed by atoms with van der Waals surface area (Å²) in [5, 5.41) is 0. The molecule has 0 radical (unpaired) electrons. The molecule has 0 heterocycles. The van der Waals surface area contributed by atoms with Crippen LogP contribution in [0.15, 0.2) is 73.8 Å². The fourth-order valence-electron chi connectivity index (χ4n) is 3.55. The van der Waals surface area contributed by atoms with Crippen LogP contribution >= 0.6 is 0 Å². The van der Waals surface area contributed by atoms with E-state index in [-0.39, 0.29) is 11.8 Å². The molecule has 0 aliphatic heterocycles. The first-order valence-corrected chi connectivity index (χ1v) is 10.4. The van der Waals surface area contributed by atoms with E-state index >= 15 is 0 Å². The fraction of sp³-hybridized carbons (Fsp3) is 0.370. The maximum absolute atomic E-state index is 12.7. The Hall–Kier alpha value is -2.41. The number of hydrogen-bond donors (Lipinski definition) is 0. The fourth-order valence-corrected chi connectivity index (χ4v) is 3.55. The summed E-state index contributed by atoms with van der Waals surface area (Å²) in [5.41, 5.74) is 5.18. The smallest absolute Gasteiger partial charge is 0.138 e. The Kier molecular flexibility index (Phi) is 8.94. The normalized spacial score (nSPS) is 12.9. The highest BCUT2D eigenvalue weighted by Crippen LogP contribution is 2.19. The second-order valence-corrected chi connectivity index (χ2v) is 7.90. The molecule has 0 bridgehead atoms. The lowest BCUT2D eigenvalue weighted by molar-refractivity contribution is -0.126. The molecule has 28 heavy (non-hydrogen) atoms. The van der Waals surface area contributed by atoms with Crippen LogP contribution in [-0.2, 0) is 30.5 Å². The van der Waals surface area contributed by atoms with Crippen LogP contribution in [0.1, 0.15) is 48.9 Å². The SMILES string of the molecule is C=CCc1ccc(CCC(C)C(=O)C(C)CCc2ccc(CC=C)cc2)cc1. The van der Waals surface area contributed by atoms with Gasteiger partial charge in [0.15, 0.2) is 0 Å². The second kappa shape index (κ2) is 11.4. The van der Waals surface area contributed by atoms with Gasteiger partial charge in [0.2, 0.25) is 0 Å². The summed E-state index contributed by atoms with van der Waals surface area (Å²) < 4.78 is 0. The minimum atomic E-state index is 0.109. The van der Waals surface area contributed by atoms with Gasteiger partial charge in [0.25, 0.3) is 0 Å². The Bertz CT molecular complexity index is 686. The zero-order chi connectivity index (χ0) is 20.4. The molecule has 2 aromatic carbocycles. The third kappa shape index (κ3) is 6.96. The highest BCUT2D eigenvalue weighted by molar-refractivity contribution is 5.82. The first-order chi connectivity index (χ1) is 13.5. The largest absolute Gasteiger partial charge is 0.299 e. The number of carbonyl (C=O) groups excluding carboxylic acids is 1. The van der Waals surface area contributed by atoms with Crippen molar-refractivity contribution in [3.05, 3.63) is 96.1 Å². The number of ketones is 1. The molecule has 0 fully saturated rings. The molecule has 0 aromatic heterocycles. The molecule has 1 heteroatoms. The van der Waals surface area contributed by atoms with Crippen molar-refractivity contribution in [2.24, 2.45) is 11.8 Å². The average molecular weight is 375 g/mol. The van der Waals surface area contributed by atoms with Crippen molar-refractivity contribution < 1.29 is 4.79 Å². The summed E-state index contributed by atoms with van der Waals surface area (Å²) in [6.07, 6.45) is 9.41. The van der Waals surface area contributed by atoms with Crippen LogP contribution in [0, 0.1) is 11.8 Å². The van der Waals surface area contributed by atoms with Crippen LogP contribution in [0.3, 0.4) is 0 Å². The second-order valence-electron chi connectivity index (χ2n) is 7.90. The molecule has 2 unspecified atom stereocenters. The minimum Gasteiger partial charge on any atom is -0.299 e. The van der Waals surface area contributed by atoms with Crippen LogP contribution in [0.2, 0.25) is 0 Å². The van der Waals surface area contributed by atoms with Crippen molar-refractivity contribution in [3.63, 3.8) is 0 Å². The van der Waals surface area contributed by atoms with Gasteiger partial charge in [0, 0.05) is 11.8 Å². The first kappa shape index (κ1) is 21.9. The van der Waals surface area contributed by atoms with Gasteiger partial charge >= 0.3 is 0 Å². The molecule has 0 spiro atoms. The van der Waals surface area contributed by atoms with Crippen LogP contribution in [0.4, 0.5) is 0 Å². The molecule has 2 aromatic rings. The summed E-state index contributed by atoms with van der Waals surface area (Å²) in [5.74, 6) is 0.613. The highest BCUT2D eigenvalue weighted by Gasteiger charge is 2.19. The van der Waals surface area contributed by atoms with E-state index in [2.05, 4.69) is 75.5 Å². The van der Waals surface area contributed by atoms with Crippen molar-refractivity contribution in [2.75, 3.05) is 0 Å². The number of hydrogen-bond acceptors (Lipinski definition) is 1. The summed E-state index contributed by atoms with van der Waals surface area (Å²) in [6.45, 7) is 11.7. The molecular formula is C27H34O. The number of aryl methyl sites for hydroxylation is 2. The number of benzene rings is 2. The summed E-state index contributed by atoms with van der Waals surface area (Å²) in [7, 11) is 0. The molecule has 0 amide bonds. The van der Waals surface area contributed by atoms with Crippen molar-refractivity contribution in [3.8, 4) is 0 Å². The van der Waals surface area contributed by atoms with Gasteiger partial charge in [-0.1, -0.05) is 74.5 Å². The van der Waals surface area contributed by atoms with E-state index in [1.807, 2.05) is 12.2 Å². The Morgan fingerprint density at radius 3 is 1.36 bits per heavy atom. The first-order valence-electron chi connectivity index (χ1n) is 10.4. The van der Waals surface area contributed by atoms with Gasteiger partial charge in [-0.25, -0.2) is 0 Å². The van der Waals surface area contributed by atoms with Crippen molar-refractivity contribution in [1.29, 1.82) is 0 Å². The molecule has 0 aliphatic carbocycles. The van der Waals surface area contributed by atoms with Crippen LogP contribution in [0.25, 0.3) is 0 Å². The van der Waals surface area contributed by atoms with E-state index in [0.717, 1.165) is 38.5 Å². The van der Waals surface area contributed by atoms with E-state index in [9.17, 15) is 4.79 Å². The zero-order valence-corrected chi connectivity index (χ0v) is 17.5. The molecule has 148 valence electrons. The van der Waals surface area contributed by atoms with Gasteiger partial charge in [-0.15, -0.1) is 13.2 Å². The molecule has 0 saturated heterocycles. The molecule has 2 atom stereocenters. The lowest BCUT2D eigenvalue weighted by Gasteiger charge is -2.16. The van der Waals surface area contributed by atoms with Crippen molar-refractivity contribution in [2.45, 2.75) is 52.4 Å². The predicted molar refractivity (Wildman–Crippen MR) is 121 cm³/mol. The van der Waals surface area contributed by atoms with Gasteiger partial charge < -0.3 is 0 Å². The van der Waals surface area contributed by atoms with Crippen molar-refractivity contribution >= 4 is 5.78 Å². The third-order valence-electron chi connectivity index (χ3n) is 5.51. The third-order valence-corrected chi connectivity index (χ3v) is 5.51. The minimum absolute atomic E-state index is 0.109. The summed E-state index contributed by atoms with van der Waals surface area (Å²) in [4.78, 5) is 12.7. The van der Waals surface area contributed by atoms with E-state index in [0.29, 0.717) is 5.78 Å². The monoisotopic (exact) mass is 374 g/mol. The topological polar surface area (TPSA) is 17.1 Å². The lowest BCUT2D eigenvalue weighted by atomic mass is 9.87. The van der Waals surface area contributed by atoms with E-state index in [1.165, 1.54) is 22.3 Å². The van der Waals surface area contributed by atoms with E-state index in [4.69, 9.17) is 0 Å². The van der Waals surface area contributed by atoms with Crippen molar-refractivity contribution in [1.82, 2.24) is 0 Å².